The van der Waals surface area contributed by atoms with Crippen molar-refractivity contribution >= 4 is 21.9 Å². The molecule has 1 heterocycles. The average Bonchev–Trinajstić information content (AvgIpc) is 2.77. The normalized spacial score (nSPS) is 13.0. The van der Waals surface area contributed by atoms with Gasteiger partial charge in [-0.15, -0.1) is 0 Å². The van der Waals surface area contributed by atoms with E-state index in [2.05, 4.69) is 4.72 Å². The maximum atomic E-state index is 12.1. The molecule has 0 aliphatic heterocycles. The predicted molar refractivity (Wildman–Crippen MR) is 75.2 cm³/mol. The summed E-state index contributed by atoms with van der Waals surface area (Å²) in [6.45, 7) is 1.88. The highest BCUT2D eigenvalue weighted by Gasteiger charge is 2.20. The third-order valence-electron chi connectivity index (χ3n) is 3.02. The number of aryl methyl sites for hydroxylation is 1. The number of carboxylic acids is 1. The van der Waals surface area contributed by atoms with Crippen LogP contribution >= 0.6 is 0 Å². The number of rotatable bonds is 8. The third kappa shape index (κ3) is 4.87. The Morgan fingerprint density at radius 2 is 2.10 bits per heavy atom. The van der Waals surface area contributed by atoms with Gasteiger partial charge in [0.1, 0.15) is 10.6 Å². The Kier molecular flexibility index (Phi) is 5.50. The summed E-state index contributed by atoms with van der Waals surface area (Å²) in [5.41, 5.74) is 5.22. The summed E-state index contributed by atoms with van der Waals surface area (Å²) in [5.74, 6) is -1.75. The zero-order chi connectivity index (χ0) is 16.2. The largest absolute Gasteiger partial charge is 0.481 e. The first-order chi connectivity index (χ1) is 9.63. The Morgan fingerprint density at radius 3 is 2.57 bits per heavy atom. The zero-order valence-corrected chi connectivity index (χ0v) is 12.7. The van der Waals surface area contributed by atoms with Crippen molar-refractivity contribution in [1.29, 1.82) is 0 Å². The van der Waals surface area contributed by atoms with Gasteiger partial charge in [-0.05, 0) is 18.4 Å². The second-order valence-electron chi connectivity index (χ2n) is 4.93. The Hall–Kier alpha value is -1.87. The first-order valence-corrected chi connectivity index (χ1v) is 7.79. The second kappa shape index (κ2) is 6.72. The number of nitrogens with one attached hydrogen (secondary N) is 1. The maximum absolute atomic E-state index is 12.1. The van der Waals surface area contributed by atoms with Gasteiger partial charge < -0.3 is 15.4 Å². The highest BCUT2D eigenvalue weighted by atomic mass is 32.2. The van der Waals surface area contributed by atoms with Crippen molar-refractivity contribution in [2.45, 2.75) is 24.7 Å². The molecule has 8 nitrogen and oxygen atoms in total. The van der Waals surface area contributed by atoms with Crippen LogP contribution in [0.1, 0.15) is 30.3 Å². The van der Waals surface area contributed by atoms with Crippen LogP contribution < -0.4 is 10.5 Å². The highest BCUT2D eigenvalue weighted by Crippen LogP contribution is 2.14. The van der Waals surface area contributed by atoms with Gasteiger partial charge in [-0.2, -0.15) is 0 Å². The minimum absolute atomic E-state index is 0.0138. The van der Waals surface area contributed by atoms with Gasteiger partial charge in [-0.25, -0.2) is 13.1 Å². The second-order valence-corrected chi connectivity index (χ2v) is 6.69. The molecule has 1 unspecified atom stereocenters. The highest BCUT2D eigenvalue weighted by molar-refractivity contribution is 7.89. The Morgan fingerprint density at radius 1 is 1.48 bits per heavy atom. The number of hydrogen-bond donors (Lipinski definition) is 3. The molecule has 0 fully saturated rings. The lowest BCUT2D eigenvalue weighted by Crippen LogP contribution is -2.28. The fourth-order valence-electron chi connectivity index (χ4n) is 1.73. The SMILES string of the molecule is CC(CCC(=O)O)CNS(=O)(=O)c1cc(C(N)=O)n(C)c1. The van der Waals surface area contributed by atoms with Gasteiger partial charge in [0, 0.05) is 26.2 Å². The number of aromatic nitrogens is 1. The fraction of sp³-hybridized carbons (Fsp3) is 0.500. The molecule has 0 aromatic carbocycles. The minimum Gasteiger partial charge on any atom is -0.481 e. The molecule has 0 spiro atoms. The van der Waals surface area contributed by atoms with E-state index in [1.165, 1.54) is 23.9 Å². The number of carbonyl (C=O) groups is 2. The number of nitrogens with zero attached hydrogens (tertiary/aromatic N) is 1. The Labute approximate surface area is 123 Å². The minimum atomic E-state index is -3.76. The lowest BCUT2D eigenvalue weighted by molar-refractivity contribution is -0.137. The lowest BCUT2D eigenvalue weighted by atomic mass is 10.1. The van der Waals surface area contributed by atoms with Crippen molar-refractivity contribution in [3.63, 3.8) is 0 Å². The van der Waals surface area contributed by atoms with Gasteiger partial charge in [-0.3, -0.25) is 9.59 Å². The summed E-state index contributed by atoms with van der Waals surface area (Å²) >= 11 is 0. The van der Waals surface area contributed by atoms with Gasteiger partial charge in [0.05, 0.1) is 0 Å². The first kappa shape index (κ1) is 17.2. The predicted octanol–water partition coefficient (Wildman–Crippen LogP) is -0.0968. The van der Waals surface area contributed by atoms with Crippen molar-refractivity contribution in [3.05, 3.63) is 18.0 Å². The third-order valence-corrected chi connectivity index (χ3v) is 4.41. The van der Waals surface area contributed by atoms with Crippen LogP contribution in [-0.2, 0) is 21.9 Å². The molecular weight excluding hydrogens is 298 g/mol. The monoisotopic (exact) mass is 317 g/mol. The molecule has 21 heavy (non-hydrogen) atoms. The summed E-state index contributed by atoms with van der Waals surface area (Å²) in [7, 11) is -2.23. The summed E-state index contributed by atoms with van der Waals surface area (Å²) in [6.07, 6.45) is 1.66. The van der Waals surface area contributed by atoms with Crippen LogP contribution in [0, 0.1) is 5.92 Å². The molecule has 0 saturated carbocycles. The molecule has 0 radical (unpaired) electrons. The number of sulfonamides is 1. The van der Waals surface area contributed by atoms with Crippen LogP contribution in [0.2, 0.25) is 0 Å². The van der Waals surface area contributed by atoms with Gasteiger partial charge >= 0.3 is 5.97 Å². The van der Waals surface area contributed by atoms with E-state index in [0.29, 0.717) is 6.42 Å². The van der Waals surface area contributed by atoms with Gasteiger partial charge in [0.25, 0.3) is 5.91 Å². The molecule has 1 rings (SSSR count). The van der Waals surface area contributed by atoms with E-state index in [0.717, 1.165) is 0 Å². The molecule has 9 heteroatoms. The molecule has 0 bridgehead atoms. The number of primary amides is 1. The summed E-state index contributed by atoms with van der Waals surface area (Å²) in [6, 6.07) is 1.20. The molecule has 4 N–H and O–H groups in total. The van der Waals surface area contributed by atoms with Crippen molar-refractivity contribution in [2.75, 3.05) is 6.54 Å². The van der Waals surface area contributed by atoms with Crippen LogP contribution in [0.15, 0.2) is 17.2 Å². The molecular formula is C12H19N3O5S. The van der Waals surface area contributed by atoms with E-state index in [4.69, 9.17) is 10.8 Å². The maximum Gasteiger partial charge on any atom is 0.303 e. The first-order valence-electron chi connectivity index (χ1n) is 6.31. The Balaban J connectivity index is 2.71. The van der Waals surface area contributed by atoms with E-state index in [1.807, 2.05) is 0 Å². The molecule has 0 saturated heterocycles. The topological polar surface area (TPSA) is 131 Å². The van der Waals surface area contributed by atoms with Crippen molar-refractivity contribution in [3.8, 4) is 0 Å². The molecule has 1 aromatic rings. The van der Waals surface area contributed by atoms with E-state index in [9.17, 15) is 18.0 Å². The number of carboxylic acid groups (broad SMARTS) is 1. The van der Waals surface area contributed by atoms with E-state index < -0.39 is 21.9 Å². The van der Waals surface area contributed by atoms with Crippen molar-refractivity contribution < 1.29 is 23.1 Å². The lowest BCUT2D eigenvalue weighted by Gasteiger charge is -2.11. The van der Waals surface area contributed by atoms with E-state index in [1.54, 1.807) is 6.92 Å². The number of nitrogens with two attached hydrogens (primary N) is 1. The van der Waals surface area contributed by atoms with Gasteiger partial charge in [-0.1, -0.05) is 6.92 Å². The Bertz CT molecular complexity index is 635. The smallest absolute Gasteiger partial charge is 0.303 e. The number of aliphatic carboxylic acids is 1. The molecule has 1 atom stereocenters. The summed E-state index contributed by atoms with van der Waals surface area (Å²) < 4.78 is 27.9. The van der Waals surface area contributed by atoms with Crippen LogP contribution in [0.5, 0.6) is 0 Å². The molecule has 0 aliphatic carbocycles. The average molecular weight is 317 g/mol. The van der Waals surface area contributed by atoms with Crippen LogP contribution in [0.4, 0.5) is 0 Å². The molecule has 0 aliphatic rings. The van der Waals surface area contributed by atoms with E-state index in [-0.39, 0.29) is 29.5 Å². The number of hydrogen-bond acceptors (Lipinski definition) is 4. The van der Waals surface area contributed by atoms with Gasteiger partial charge in [0.2, 0.25) is 10.0 Å². The molecule has 118 valence electrons. The van der Waals surface area contributed by atoms with Crippen LogP contribution in [0.25, 0.3) is 0 Å². The molecule has 1 aromatic heterocycles. The van der Waals surface area contributed by atoms with Crippen molar-refractivity contribution in [2.24, 2.45) is 18.7 Å². The van der Waals surface area contributed by atoms with Crippen LogP contribution in [0.3, 0.4) is 0 Å². The van der Waals surface area contributed by atoms with Crippen molar-refractivity contribution in [1.82, 2.24) is 9.29 Å². The zero-order valence-electron chi connectivity index (χ0n) is 11.9. The fourth-order valence-corrected chi connectivity index (χ4v) is 2.97. The summed E-state index contributed by atoms with van der Waals surface area (Å²) in [5, 5.41) is 8.57. The van der Waals surface area contributed by atoms with Crippen LogP contribution in [-0.4, -0.2) is 36.5 Å². The summed E-state index contributed by atoms with van der Waals surface area (Å²) in [4.78, 5) is 21.5. The van der Waals surface area contributed by atoms with Gasteiger partial charge in [0.15, 0.2) is 0 Å². The standard InChI is InChI=1S/C12H19N3O5S/c1-8(3-4-11(16)17)6-14-21(19,20)9-5-10(12(13)18)15(2)7-9/h5,7-8,14H,3-4,6H2,1-2H3,(H2,13,18)(H,16,17). The van der Waals surface area contributed by atoms with E-state index >= 15 is 0 Å². The number of carbonyl (C=O) groups excluding carboxylic acids is 1. The number of amides is 1. The molecule has 1 amide bonds. The quantitative estimate of drug-likeness (QED) is 0.616.